The summed E-state index contributed by atoms with van der Waals surface area (Å²) in [6, 6.07) is 5.27. The molecule has 2 aromatic rings. The topological polar surface area (TPSA) is 104 Å². The summed E-state index contributed by atoms with van der Waals surface area (Å²) in [7, 11) is 0. The Hall–Kier alpha value is -3.28. The zero-order chi connectivity index (χ0) is 21.9. The molecule has 4 unspecified atom stereocenters. The van der Waals surface area contributed by atoms with Crippen LogP contribution in [0, 0.1) is 23.7 Å². The van der Waals surface area contributed by atoms with Gasteiger partial charge in [-0.3, -0.25) is 19.8 Å². The van der Waals surface area contributed by atoms with Gasteiger partial charge in [0.25, 0.3) is 0 Å². The van der Waals surface area contributed by atoms with Crippen molar-refractivity contribution in [1.82, 2.24) is 10.2 Å². The van der Waals surface area contributed by atoms with Crippen LogP contribution in [0.4, 0.5) is 34.5 Å². The van der Waals surface area contributed by atoms with Crippen molar-refractivity contribution in [3.63, 3.8) is 0 Å². The number of anilines is 3. The Morgan fingerprint density at radius 2 is 1.61 bits per heavy atom. The minimum absolute atomic E-state index is 0.110. The lowest BCUT2D eigenvalue weighted by Crippen LogP contribution is -2.32. The number of allylic oxidation sites excluding steroid dienone is 2. The van der Waals surface area contributed by atoms with Crippen molar-refractivity contribution in [3.05, 3.63) is 41.4 Å². The molecule has 1 saturated heterocycles. The van der Waals surface area contributed by atoms with E-state index in [4.69, 9.17) is 0 Å². The SMILES string of the molecule is O=C(Nc1ccc(N2C(=O)C3C4C=CC(C4)C3C2=O)cc1)Nc1nnc(C(F)(F)F)s1. The normalized spacial score (nSPS) is 26.5. The van der Waals surface area contributed by atoms with Crippen LogP contribution in [0.5, 0.6) is 0 Å². The molecule has 1 saturated carbocycles. The predicted molar refractivity (Wildman–Crippen MR) is 104 cm³/mol. The van der Waals surface area contributed by atoms with Gasteiger partial charge in [0, 0.05) is 5.69 Å². The van der Waals surface area contributed by atoms with Crippen molar-refractivity contribution in [2.24, 2.45) is 23.7 Å². The molecule has 2 fully saturated rings. The van der Waals surface area contributed by atoms with E-state index in [1.807, 2.05) is 12.2 Å². The number of hydrogen-bond donors (Lipinski definition) is 2. The molecule has 12 heteroatoms. The third-order valence-corrected chi connectivity index (χ3v) is 6.63. The number of benzene rings is 1. The molecule has 4 amide bonds. The van der Waals surface area contributed by atoms with Gasteiger partial charge in [0.15, 0.2) is 0 Å². The molecule has 31 heavy (non-hydrogen) atoms. The van der Waals surface area contributed by atoms with Crippen LogP contribution in [0.15, 0.2) is 36.4 Å². The van der Waals surface area contributed by atoms with Crippen LogP contribution in [0.1, 0.15) is 11.4 Å². The molecule has 2 heterocycles. The minimum atomic E-state index is -4.64. The van der Waals surface area contributed by atoms with Gasteiger partial charge in [0.2, 0.25) is 22.0 Å². The molecule has 1 aromatic heterocycles. The van der Waals surface area contributed by atoms with Gasteiger partial charge >= 0.3 is 12.2 Å². The van der Waals surface area contributed by atoms with Crippen molar-refractivity contribution in [1.29, 1.82) is 0 Å². The van der Waals surface area contributed by atoms with Crippen LogP contribution in [0.25, 0.3) is 0 Å². The highest BCUT2D eigenvalue weighted by molar-refractivity contribution is 7.15. The van der Waals surface area contributed by atoms with Crippen molar-refractivity contribution < 1.29 is 27.6 Å². The molecule has 160 valence electrons. The number of fused-ring (bicyclic) bond motifs is 5. The summed E-state index contributed by atoms with van der Waals surface area (Å²) in [5, 5.41) is 9.43. The van der Waals surface area contributed by atoms with Crippen molar-refractivity contribution in [3.8, 4) is 0 Å². The second kappa shape index (κ2) is 6.87. The van der Waals surface area contributed by atoms with Crippen LogP contribution in [-0.2, 0) is 15.8 Å². The lowest BCUT2D eigenvalue weighted by atomic mass is 9.85. The van der Waals surface area contributed by atoms with Gasteiger partial charge in [0.1, 0.15) is 0 Å². The van der Waals surface area contributed by atoms with Crippen LogP contribution in [0.3, 0.4) is 0 Å². The van der Waals surface area contributed by atoms with E-state index in [9.17, 15) is 27.6 Å². The number of halogens is 3. The second-order valence-corrected chi connectivity index (χ2v) is 8.53. The average Bonchev–Trinajstić information content (AvgIpc) is 3.47. The fourth-order valence-corrected chi connectivity index (χ4v) is 5.10. The summed E-state index contributed by atoms with van der Waals surface area (Å²) in [5.74, 6) is -0.804. The highest BCUT2D eigenvalue weighted by Crippen LogP contribution is 2.53. The van der Waals surface area contributed by atoms with Crippen molar-refractivity contribution >= 4 is 45.7 Å². The summed E-state index contributed by atoms with van der Waals surface area (Å²) >= 11 is 0.206. The molecule has 2 aliphatic carbocycles. The Labute approximate surface area is 177 Å². The first-order valence-electron chi connectivity index (χ1n) is 9.37. The first-order valence-corrected chi connectivity index (χ1v) is 10.2. The molecule has 0 spiro atoms. The lowest BCUT2D eigenvalue weighted by molar-refractivity contribution is -0.138. The Kier molecular flexibility index (Phi) is 4.36. The minimum Gasteiger partial charge on any atom is -0.308 e. The second-order valence-electron chi connectivity index (χ2n) is 7.55. The summed E-state index contributed by atoms with van der Waals surface area (Å²) in [4.78, 5) is 38.9. The summed E-state index contributed by atoms with van der Waals surface area (Å²) < 4.78 is 37.7. The summed E-state index contributed by atoms with van der Waals surface area (Å²) in [6.45, 7) is 0. The van der Waals surface area contributed by atoms with E-state index in [-0.39, 0.29) is 52.0 Å². The number of hydrogen-bond acceptors (Lipinski definition) is 6. The van der Waals surface area contributed by atoms with E-state index in [0.717, 1.165) is 6.42 Å². The van der Waals surface area contributed by atoms with E-state index in [2.05, 4.69) is 20.8 Å². The fourth-order valence-electron chi connectivity index (χ4n) is 4.50. The number of carbonyl (C=O) groups excluding carboxylic acids is 3. The maximum atomic E-state index is 12.8. The van der Waals surface area contributed by atoms with Crippen LogP contribution in [-0.4, -0.2) is 28.0 Å². The molecular formula is C19H14F3N5O3S. The van der Waals surface area contributed by atoms with E-state index < -0.39 is 17.2 Å². The number of aromatic nitrogens is 2. The molecular weight excluding hydrogens is 435 g/mol. The molecule has 0 radical (unpaired) electrons. The number of urea groups is 1. The zero-order valence-corrected chi connectivity index (χ0v) is 16.4. The first-order chi connectivity index (χ1) is 14.7. The molecule has 8 nitrogen and oxygen atoms in total. The van der Waals surface area contributed by atoms with E-state index >= 15 is 0 Å². The number of alkyl halides is 3. The smallest absolute Gasteiger partial charge is 0.308 e. The Balaban J connectivity index is 1.25. The fraction of sp³-hybridized carbons (Fsp3) is 0.316. The monoisotopic (exact) mass is 449 g/mol. The number of nitrogens with zero attached hydrogens (tertiary/aromatic N) is 3. The van der Waals surface area contributed by atoms with Gasteiger partial charge in [-0.25, -0.2) is 4.79 Å². The number of amides is 4. The molecule has 5 rings (SSSR count). The third kappa shape index (κ3) is 3.26. The largest absolute Gasteiger partial charge is 0.445 e. The summed E-state index contributed by atoms with van der Waals surface area (Å²) in [5.41, 5.74) is 0.733. The van der Waals surface area contributed by atoms with Crippen LogP contribution >= 0.6 is 11.3 Å². The number of nitrogens with one attached hydrogen (secondary N) is 2. The predicted octanol–water partition coefficient (Wildman–Crippen LogP) is 3.51. The highest BCUT2D eigenvalue weighted by Gasteiger charge is 2.59. The van der Waals surface area contributed by atoms with Gasteiger partial charge in [-0.15, -0.1) is 10.2 Å². The maximum absolute atomic E-state index is 12.8. The van der Waals surface area contributed by atoms with Gasteiger partial charge in [-0.05, 0) is 42.5 Å². The number of carbonyl (C=O) groups is 3. The molecule has 3 aliphatic rings. The van der Waals surface area contributed by atoms with Crippen molar-refractivity contribution in [2.45, 2.75) is 12.6 Å². The first kappa shape index (κ1) is 19.7. The van der Waals surface area contributed by atoms with Gasteiger partial charge in [0.05, 0.1) is 17.5 Å². The van der Waals surface area contributed by atoms with Gasteiger partial charge < -0.3 is 5.32 Å². The standard InChI is InChI=1S/C19H14F3N5O3S/c20-19(21,22)16-25-26-18(31-16)24-17(30)23-10-3-5-11(6-4-10)27-14(28)12-8-1-2-9(7-8)13(12)15(27)29/h1-6,8-9,12-13H,7H2,(H2,23,24,26,30). The third-order valence-electron chi connectivity index (χ3n) is 5.74. The average molecular weight is 449 g/mol. The number of rotatable bonds is 3. The molecule has 2 bridgehead atoms. The Morgan fingerprint density at radius 1 is 1.00 bits per heavy atom. The molecule has 4 atom stereocenters. The zero-order valence-electron chi connectivity index (χ0n) is 15.6. The van der Waals surface area contributed by atoms with E-state index in [0.29, 0.717) is 11.4 Å². The van der Waals surface area contributed by atoms with E-state index in [1.165, 1.54) is 29.2 Å². The Morgan fingerprint density at radius 3 is 2.16 bits per heavy atom. The molecule has 2 N–H and O–H groups in total. The maximum Gasteiger partial charge on any atom is 0.445 e. The van der Waals surface area contributed by atoms with Crippen molar-refractivity contribution in [2.75, 3.05) is 15.5 Å². The van der Waals surface area contributed by atoms with Crippen LogP contribution < -0.4 is 15.5 Å². The highest BCUT2D eigenvalue weighted by atomic mass is 32.1. The summed E-state index contributed by atoms with van der Waals surface area (Å²) in [6.07, 6.45) is 0.240. The molecule has 1 aliphatic heterocycles. The number of imide groups is 1. The van der Waals surface area contributed by atoms with Gasteiger partial charge in [-0.2, -0.15) is 13.2 Å². The Bertz CT molecular complexity index is 1080. The quantitative estimate of drug-likeness (QED) is 0.551. The molecule has 1 aromatic carbocycles. The van der Waals surface area contributed by atoms with Crippen LogP contribution in [0.2, 0.25) is 0 Å². The van der Waals surface area contributed by atoms with E-state index in [1.54, 1.807) is 0 Å². The lowest BCUT2D eigenvalue weighted by Gasteiger charge is -2.17. The van der Waals surface area contributed by atoms with Gasteiger partial charge in [-0.1, -0.05) is 23.5 Å².